The minimum Gasteiger partial charge on any atom is -0.507 e. The minimum atomic E-state index is -1.50. The van der Waals surface area contributed by atoms with Gasteiger partial charge in [-0.1, -0.05) is 6.07 Å². The summed E-state index contributed by atoms with van der Waals surface area (Å²) in [6.45, 7) is -0.141. The highest BCUT2D eigenvalue weighted by Crippen LogP contribution is 2.35. The standard InChI is InChI=1S/C20H15F2N3O4/c21-15-3-2-13-12(17(15)22)5-7-25(18(13)20(28)29)19(27)14-9-11(1-4-16(14)26)24-8-6-23-10-24/h1-4,6,8-10,18,26H,5,7H2,(H,28,29). The molecule has 0 aliphatic carbocycles. The number of carbonyl (C=O) groups excluding carboxylic acids is 1. The number of halogens is 2. The molecule has 0 fully saturated rings. The summed E-state index contributed by atoms with van der Waals surface area (Å²) in [7, 11) is 0. The quantitative estimate of drug-likeness (QED) is 0.706. The molecular weight excluding hydrogens is 384 g/mol. The van der Waals surface area contributed by atoms with E-state index >= 15 is 0 Å². The molecule has 0 bridgehead atoms. The number of carboxylic acid groups (broad SMARTS) is 1. The molecule has 1 amide bonds. The molecule has 1 atom stereocenters. The maximum absolute atomic E-state index is 14.1. The maximum Gasteiger partial charge on any atom is 0.331 e. The largest absolute Gasteiger partial charge is 0.507 e. The van der Waals surface area contributed by atoms with Crippen LogP contribution in [0, 0.1) is 11.6 Å². The number of aromatic nitrogens is 2. The topological polar surface area (TPSA) is 95.7 Å². The molecule has 29 heavy (non-hydrogen) atoms. The van der Waals surface area contributed by atoms with Crippen molar-refractivity contribution >= 4 is 11.9 Å². The van der Waals surface area contributed by atoms with Crippen molar-refractivity contribution in [2.24, 2.45) is 0 Å². The summed E-state index contributed by atoms with van der Waals surface area (Å²) in [6.07, 6.45) is 4.66. The van der Waals surface area contributed by atoms with Gasteiger partial charge in [-0.25, -0.2) is 18.6 Å². The van der Waals surface area contributed by atoms with E-state index in [2.05, 4.69) is 4.98 Å². The van der Waals surface area contributed by atoms with Crippen LogP contribution in [0.4, 0.5) is 8.78 Å². The fourth-order valence-corrected chi connectivity index (χ4v) is 3.55. The van der Waals surface area contributed by atoms with Gasteiger partial charge >= 0.3 is 5.97 Å². The molecule has 2 heterocycles. The number of imidazole rings is 1. The lowest BCUT2D eigenvalue weighted by molar-refractivity contribution is -0.143. The highest BCUT2D eigenvalue weighted by atomic mass is 19.2. The number of amides is 1. The summed E-state index contributed by atoms with van der Waals surface area (Å²) in [5.74, 6) is -4.61. The molecule has 1 aliphatic rings. The number of phenolic OH excluding ortho intramolecular Hbond substituents is 1. The number of aliphatic carboxylic acids is 1. The summed E-state index contributed by atoms with van der Waals surface area (Å²) in [5, 5.41) is 19.9. The molecule has 7 nitrogen and oxygen atoms in total. The van der Waals surface area contributed by atoms with E-state index in [9.17, 15) is 28.6 Å². The first kappa shape index (κ1) is 18.6. The Labute approximate surface area is 163 Å². The highest BCUT2D eigenvalue weighted by Gasteiger charge is 2.38. The molecule has 0 saturated heterocycles. The normalized spacial score (nSPS) is 15.8. The summed E-state index contributed by atoms with van der Waals surface area (Å²) in [4.78, 5) is 30.0. The Balaban J connectivity index is 1.76. The molecular formula is C20H15F2N3O4. The van der Waals surface area contributed by atoms with E-state index in [0.717, 1.165) is 11.0 Å². The van der Waals surface area contributed by atoms with Crippen LogP contribution >= 0.6 is 0 Å². The van der Waals surface area contributed by atoms with Gasteiger partial charge in [0.15, 0.2) is 17.7 Å². The van der Waals surface area contributed by atoms with Crippen molar-refractivity contribution in [2.75, 3.05) is 6.54 Å². The summed E-state index contributed by atoms with van der Waals surface area (Å²) < 4.78 is 29.3. The molecule has 4 rings (SSSR count). The van der Waals surface area contributed by atoms with Gasteiger partial charge in [0.05, 0.1) is 11.9 Å². The van der Waals surface area contributed by atoms with Crippen LogP contribution in [-0.4, -0.2) is 43.1 Å². The zero-order valence-electron chi connectivity index (χ0n) is 14.9. The number of fused-ring (bicyclic) bond motifs is 1. The molecule has 0 saturated carbocycles. The number of nitrogens with zero attached hydrogens (tertiary/aromatic N) is 3. The van der Waals surface area contributed by atoms with Gasteiger partial charge in [0.25, 0.3) is 5.91 Å². The second-order valence-electron chi connectivity index (χ2n) is 6.59. The number of aromatic hydroxyl groups is 1. The lowest BCUT2D eigenvalue weighted by Crippen LogP contribution is -2.44. The average molecular weight is 399 g/mol. The van der Waals surface area contributed by atoms with Crippen LogP contribution in [0.5, 0.6) is 5.75 Å². The van der Waals surface area contributed by atoms with E-state index in [1.165, 1.54) is 24.5 Å². The first-order chi connectivity index (χ1) is 13.9. The van der Waals surface area contributed by atoms with Crippen molar-refractivity contribution in [3.05, 3.63) is 77.4 Å². The van der Waals surface area contributed by atoms with Gasteiger partial charge in [0, 0.05) is 24.6 Å². The van der Waals surface area contributed by atoms with E-state index in [0.29, 0.717) is 5.69 Å². The molecule has 2 N–H and O–H groups in total. The van der Waals surface area contributed by atoms with Crippen LogP contribution in [-0.2, 0) is 11.2 Å². The van der Waals surface area contributed by atoms with Crippen molar-refractivity contribution in [1.82, 2.24) is 14.5 Å². The Morgan fingerprint density at radius 3 is 2.66 bits per heavy atom. The Kier molecular flexibility index (Phi) is 4.50. The number of hydrogen-bond acceptors (Lipinski definition) is 4. The van der Waals surface area contributed by atoms with Crippen molar-refractivity contribution in [1.29, 1.82) is 0 Å². The molecule has 2 aromatic carbocycles. The van der Waals surface area contributed by atoms with Gasteiger partial charge in [-0.3, -0.25) is 4.79 Å². The van der Waals surface area contributed by atoms with E-state index < -0.39 is 29.6 Å². The lowest BCUT2D eigenvalue weighted by atomic mass is 9.91. The molecule has 148 valence electrons. The minimum absolute atomic E-state index is 0.0150. The second-order valence-corrected chi connectivity index (χ2v) is 6.59. The molecule has 3 aromatic rings. The first-order valence-corrected chi connectivity index (χ1v) is 8.70. The van der Waals surface area contributed by atoms with Crippen molar-refractivity contribution in [3.63, 3.8) is 0 Å². The van der Waals surface area contributed by atoms with Gasteiger partial charge in [-0.2, -0.15) is 0 Å². The fourth-order valence-electron chi connectivity index (χ4n) is 3.55. The zero-order valence-corrected chi connectivity index (χ0v) is 14.9. The molecule has 1 aromatic heterocycles. The number of phenols is 1. The molecule has 9 heteroatoms. The second kappa shape index (κ2) is 7.01. The van der Waals surface area contributed by atoms with E-state index in [1.54, 1.807) is 23.0 Å². The SMILES string of the molecule is O=C(O)C1c2ccc(F)c(F)c2CCN1C(=O)c1cc(-n2ccnc2)ccc1O. The van der Waals surface area contributed by atoms with E-state index in [4.69, 9.17) is 0 Å². The van der Waals surface area contributed by atoms with Crippen LogP contribution in [0.1, 0.15) is 27.5 Å². The van der Waals surface area contributed by atoms with Crippen molar-refractivity contribution in [2.45, 2.75) is 12.5 Å². The third-order valence-electron chi connectivity index (χ3n) is 4.95. The molecule has 0 spiro atoms. The van der Waals surface area contributed by atoms with Crippen molar-refractivity contribution < 1.29 is 28.6 Å². The molecule has 1 aliphatic heterocycles. The predicted octanol–water partition coefficient (Wildman–Crippen LogP) is 2.68. The molecule has 0 radical (unpaired) electrons. The predicted molar refractivity (Wildman–Crippen MR) is 96.7 cm³/mol. The van der Waals surface area contributed by atoms with Gasteiger partial charge in [0.2, 0.25) is 0 Å². The Morgan fingerprint density at radius 1 is 1.17 bits per heavy atom. The Morgan fingerprint density at radius 2 is 1.97 bits per heavy atom. The molecule has 1 unspecified atom stereocenters. The van der Waals surface area contributed by atoms with Crippen LogP contribution in [0.3, 0.4) is 0 Å². The number of hydrogen-bond donors (Lipinski definition) is 2. The Bertz CT molecular complexity index is 1120. The van der Waals surface area contributed by atoms with Gasteiger partial charge < -0.3 is 19.7 Å². The van der Waals surface area contributed by atoms with Gasteiger partial charge in [-0.15, -0.1) is 0 Å². The van der Waals surface area contributed by atoms with E-state index in [-0.39, 0.29) is 35.4 Å². The summed E-state index contributed by atoms with van der Waals surface area (Å²) in [6, 6.07) is 4.83. The Hall–Kier alpha value is -3.75. The van der Waals surface area contributed by atoms with E-state index in [1.807, 2.05) is 0 Å². The number of carbonyl (C=O) groups is 2. The van der Waals surface area contributed by atoms with Crippen LogP contribution in [0.15, 0.2) is 49.1 Å². The summed E-state index contributed by atoms with van der Waals surface area (Å²) >= 11 is 0. The average Bonchev–Trinajstić information content (AvgIpc) is 3.24. The van der Waals surface area contributed by atoms with Gasteiger partial charge in [-0.05, 0) is 41.8 Å². The number of benzene rings is 2. The smallest absolute Gasteiger partial charge is 0.331 e. The van der Waals surface area contributed by atoms with Crippen LogP contribution < -0.4 is 0 Å². The third kappa shape index (κ3) is 3.10. The first-order valence-electron chi connectivity index (χ1n) is 8.70. The van der Waals surface area contributed by atoms with Crippen molar-refractivity contribution in [3.8, 4) is 11.4 Å². The zero-order chi connectivity index (χ0) is 20.7. The number of carboxylic acids is 1. The van der Waals surface area contributed by atoms with Crippen LogP contribution in [0.25, 0.3) is 5.69 Å². The van der Waals surface area contributed by atoms with Crippen LogP contribution in [0.2, 0.25) is 0 Å². The van der Waals surface area contributed by atoms with Gasteiger partial charge in [0.1, 0.15) is 5.75 Å². The number of rotatable bonds is 3. The fraction of sp³-hybridized carbons (Fsp3) is 0.150. The lowest BCUT2D eigenvalue weighted by Gasteiger charge is -2.35. The highest BCUT2D eigenvalue weighted by molar-refractivity contribution is 6.00. The maximum atomic E-state index is 14.1. The summed E-state index contributed by atoms with van der Waals surface area (Å²) in [5.41, 5.74) is 0.397. The monoisotopic (exact) mass is 399 g/mol. The third-order valence-corrected chi connectivity index (χ3v) is 4.95.